The van der Waals surface area contributed by atoms with E-state index >= 15 is 0 Å². The van der Waals surface area contributed by atoms with Crippen molar-refractivity contribution in [3.05, 3.63) is 0 Å². The van der Waals surface area contributed by atoms with Gasteiger partial charge in [-0.2, -0.15) is 0 Å². The lowest BCUT2D eigenvalue weighted by molar-refractivity contribution is -0.122. The van der Waals surface area contributed by atoms with E-state index in [2.05, 4.69) is 5.32 Å². The zero-order valence-electron chi connectivity index (χ0n) is 7.06. The third-order valence-electron chi connectivity index (χ3n) is 1.03. The maximum atomic E-state index is 11.0. The fraction of sp³-hybridized carbons (Fsp3) is 0.857. The Morgan fingerprint density at radius 2 is 2.18 bits per heavy atom. The molecule has 3 nitrogen and oxygen atoms in total. The van der Waals surface area contributed by atoms with Gasteiger partial charge in [0.1, 0.15) is 5.38 Å². The Bertz CT molecular complexity index is 128. The summed E-state index contributed by atoms with van der Waals surface area (Å²) in [5.41, 5.74) is 0. The van der Waals surface area contributed by atoms with E-state index in [4.69, 9.17) is 16.3 Å². The SMILES string of the molecule is COCC(Cl)C(=O)NC(C)C. The molecule has 0 radical (unpaired) electrons. The number of ether oxygens (including phenoxy) is 1. The van der Waals surface area contributed by atoms with Crippen LogP contribution < -0.4 is 5.32 Å². The first-order valence-corrected chi connectivity index (χ1v) is 3.95. The van der Waals surface area contributed by atoms with Crippen molar-refractivity contribution in [1.29, 1.82) is 0 Å². The van der Waals surface area contributed by atoms with Crippen LogP contribution in [0.4, 0.5) is 0 Å². The number of carbonyl (C=O) groups excluding carboxylic acids is 1. The summed E-state index contributed by atoms with van der Waals surface area (Å²) in [5, 5.41) is 2.10. The lowest BCUT2D eigenvalue weighted by Crippen LogP contribution is -2.38. The van der Waals surface area contributed by atoms with E-state index in [1.807, 2.05) is 13.8 Å². The van der Waals surface area contributed by atoms with Gasteiger partial charge in [-0.05, 0) is 13.8 Å². The summed E-state index contributed by atoms with van der Waals surface area (Å²) in [6, 6.07) is 0.126. The molecule has 0 bridgehead atoms. The van der Waals surface area contributed by atoms with Gasteiger partial charge in [0, 0.05) is 13.2 Å². The normalized spacial score (nSPS) is 13.2. The zero-order valence-corrected chi connectivity index (χ0v) is 7.81. The van der Waals surface area contributed by atoms with E-state index in [1.54, 1.807) is 0 Å². The van der Waals surface area contributed by atoms with Crippen molar-refractivity contribution < 1.29 is 9.53 Å². The van der Waals surface area contributed by atoms with E-state index in [9.17, 15) is 4.79 Å². The van der Waals surface area contributed by atoms with Gasteiger partial charge in [0.25, 0.3) is 0 Å². The number of rotatable bonds is 4. The first-order chi connectivity index (χ1) is 5.07. The number of methoxy groups -OCH3 is 1. The van der Waals surface area contributed by atoms with Gasteiger partial charge in [0.15, 0.2) is 0 Å². The summed E-state index contributed by atoms with van der Waals surface area (Å²) < 4.78 is 4.71. The first-order valence-electron chi connectivity index (χ1n) is 3.51. The summed E-state index contributed by atoms with van der Waals surface area (Å²) in [4.78, 5) is 11.0. The molecule has 0 aliphatic heterocycles. The van der Waals surface area contributed by atoms with E-state index < -0.39 is 5.38 Å². The van der Waals surface area contributed by atoms with Crippen LogP contribution in [0.1, 0.15) is 13.8 Å². The highest BCUT2D eigenvalue weighted by molar-refractivity contribution is 6.30. The second kappa shape index (κ2) is 5.38. The lowest BCUT2D eigenvalue weighted by Gasteiger charge is -2.11. The van der Waals surface area contributed by atoms with Crippen LogP contribution in [-0.4, -0.2) is 31.0 Å². The van der Waals surface area contributed by atoms with Gasteiger partial charge in [-0.1, -0.05) is 0 Å². The summed E-state index contributed by atoms with van der Waals surface area (Å²) in [6.45, 7) is 4.02. The summed E-state index contributed by atoms with van der Waals surface area (Å²) in [6.07, 6.45) is 0. The quantitative estimate of drug-likeness (QED) is 0.648. The molecule has 0 heterocycles. The number of amides is 1. The molecule has 4 heteroatoms. The third kappa shape index (κ3) is 5.04. The van der Waals surface area contributed by atoms with Crippen LogP contribution in [-0.2, 0) is 9.53 Å². The Morgan fingerprint density at radius 3 is 2.55 bits per heavy atom. The molecule has 1 unspecified atom stereocenters. The third-order valence-corrected chi connectivity index (χ3v) is 1.35. The molecule has 66 valence electrons. The Morgan fingerprint density at radius 1 is 1.64 bits per heavy atom. The number of carbonyl (C=O) groups is 1. The zero-order chi connectivity index (χ0) is 8.85. The van der Waals surface area contributed by atoms with Crippen LogP contribution in [0.2, 0.25) is 0 Å². The Kier molecular flexibility index (Phi) is 5.24. The fourth-order valence-electron chi connectivity index (χ4n) is 0.597. The topological polar surface area (TPSA) is 38.3 Å². The highest BCUT2D eigenvalue weighted by atomic mass is 35.5. The molecule has 0 aromatic heterocycles. The van der Waals surface area contributed by atoms with Crippen molar-refractivity contribution in [3.8, 4) is 0 Å². The smallest absolute Gasteiger partial charge is 0.240 e. The Labute approximate surface area is 72.1 Å². The van der Waals surface area contributed by atoms with Crippen LogP contribution in [0.25, 0.3) is 0 Å². The van der Waals surface area contributed by atoms with Crippen molar-refractivity contribution >= 4 is 17.5 Å². The van der Waals surface area contributed by atoms with Crippen molar-refractivity contribution in [2.24, 2.45) is 0 Å². The minimum Gasteiger partial charge on any atom is -0.383 e. The molecule has 1 N–H and O–H groups in total. The van der Waals surface area contributed by atoms with E-state index in [0.29, 0.717) is 0 Å². The van der Waals surface area contributed by atoms with Crippen LogP contribution in [0.15, 0.2) is 0 Å². The van der Waals surface area contributed by atoms with Crippen molar-refractivity contribution in [2.45, 2.75) is 25.3 Å². The fourth-order valence-corrected chi connectivity index (χ4v) is 0.786. The second-order valence-corrected chi connectivity index (χ2v) is 3.11. The highest BCUT2D eigenvalue weighted by Gasteiger charge is 2.14. The predicted octanol–water partition coefficient (Wildman–Crippen LogP) is 0.765. The van der Waals surface area contributed by atoms with Crippen LogP contribution >= 0.6 is 11.6 Å². The number of nitrogens with one attached hydrogen (secondary N) is 1. The average molecular weight is 180 g/mol. The Hall–Kier alpha value is -0.280. The van der Waals surface area contributed by atoms with Gasteiger partial charge >= 0.3 is 0 Å². The minimum atomic E-state index is -0.581. The second-order valence-electron chi connectivity index (χ2n) is 2.59. The maximum Gasteiger partial charge on any atom is 0.240 e. The molecule has 1 amide bonds. The molecule has 0 aliphatic rings. The number of alkyl halides is 1. The molecule has 0 aromatic rings. The summed E-state index contributed by atoms with van der Waals surface area (Å²) in [7, 11) is 1.51. The maximum absolute atomic E-state index is 11.0. The average Bonchev–Trinajstić information content (AvgIpc) is 1.86. The molecule has 0 aliphatic carbocycles. The minimum absolute atomic E-state index is 0.126. The molecule has 0 saturated carbocycles. The molecule has 0 fully saturated rings. The molecule has 1 atom stereocenters. The Balaban J connectivity index is 3.64. The summed E-state index contributed by atoms with van der Waals surface area (Å²) in [5.74, 6) is -0.177. The lowest BCUT2D eigenvalue weighted by atomic mass is 10.3. The van der Waals surface area contributed by atoms with Crippen molar-refractivity contribution in [3.63, 3.8) is 0 Å². The molecular weight excluding hydrogens is 166 g/mol. The van der Waals surface area contributed by atoms with E-state index in [-0.39, 0.29) is 18.6 Å². The van der Waals surface area contributed by atoms with E-state index in [1.165, 1.54) is 7.11 Å². The monoisotopic (exact) mass is 179 g/mol. The molecule has 0 rings (SSSR count). The largest absolute Gasteiger partial charge is 0.383 e. The van der Waals surface area contributed by atoms with E-state index in [0.717, 1.165) is 0 Å². The number of hydrogen-bond donors (Lipinski definition) is 1. The predicted molar refractivity (Wildman–Crippen MR) is 44.8 cm³/mol. The van der Waals surface area contributed by atoms with Gasteiger partial charge in [0.05, 0.1) is 6.61 Å². The van der Waals surface area contributed by atoms with Gasteiger partial charge in [-0.25, -0.2) is 0 Å². The summed E-state index contributed by atoms with van der Waals surface area (Å²) >= 11 is 5.64. The van der Waals surface area contributed by atoms with Crippen LogP contribution in [0, 0.1) is 0 Å². The van der Waals surface area contributed by atoms with Crippen molar-refractivity contribution in [2.75, 3.05) is 13.7 Å². The standard InChI is InChI=1S/C7H14ClNO2/c1-5(2)9-7(10)6(8)4-11-3/h5-6H,4H2,1-3H3,(H,9,10). The molecule has 0 saturated heterocycles. The molecular formula is C7H14ClNO2. The van der Waals surface area contributed by atoms with Gasteiger partial charge in [0.2, 0.25) is 5.91 Å². The van der Waals surface area contributed by atoms with Gasteiger partial charge in [-0.15, -0.1) is 11.6 Å². The van der Waals surface area contributed by atoms with Crippen molar-refractivity contribution in [1.82, 2.24) is 5.32 Å². The molecule has 11 heavy (non-hydrogen) atoms. The van der Waals surface area contributed by atoms with Gasteiger partial charge in [-0.3, -0.25) is 4.79 Å². The number of halogens is 1. The molecule has 0 spiro atoms. The van der Waals surface area contributed by atoms with Crippen LogP contribution in [0.5, 0.6) is 0 Å². The highest BCUT2D eigenvalue weighted by Crippen LogP contribution is 1.96. The number of hydrogen-bond acceptors (Lipinski definition) is 2. The first kappa shape index (κ1) is 10.7. The molecule has 0 aromatic carbocycles. The van der Waals surface area contributed by atoms with Crippen LogP contribution in [0.3, 0.4) is 0 Å². The van der Waals surface area contributed by atoms with Gasteiger partial charge < -0.3 is 10.1 Å².